The summed E-state index contributed by atoms with van der Waals surface area (Å²) in [5.41, 5.74) is 2.20. The molecule has 0 fully saturated rings. The zero-order valence-electron chi connectivity index (χ0n) is 12.9. The number of aliphatic hydroxyl groups excluding tert-OH is 1. The van der Waals surface area contributed by atoms with Gasteiger partial charge in [-0.05, 0) is 42.3 Å². The highest BCUT2D eigenvalue weighted by molar-refractivity contribution is 9.10. The van der Waals surface area contributed by atoms with Gasteiger partial charge in [-0.2, -0.15) is 0 Å². The Labute approximate surface area is 143 Å². The number of benzene rings is 2. The average Bonchev–Trinajstić information content (AvgIpc) is 2.90. The van der Waals surface area contributed by atoms with Gasteiger partial charge in [-0.15, -0.1) is 0 Å². The second kappa shape index (κ2) is 6.85. The Kier molecular flexibility index (Phi) is 4.83. The first-order chi connectivity index (χ1) is 11.1. The first-order valence-electron chi connectivity index (χ1n) is 7.74. The standard InChI is InChI=1S/C19H18BrFO2/c1-2-3-4-17-18(15-11-13(20)7-10-16(15)23-17)19(22)12-5-8-14(21)9-6-12/h5-11,19,22H,2-4H2,1H3. The maximum Gasteiger partial charge on any atom is 0.134 e. The molecule has 2 aromatic carbocycles. The first kappa shape index (κ1) is 16.2. The van der Waals surface area contributed by atoms with Gasteiger partial charge in [0.2, 0.25) is 0 Å². The molecule has 1 heterocycles. The van der Waals surface area contributed by atoms with Crippen molar-refractivity contribution in [2.45, 2.75) is 32.3 Å². The van der Waals surface area contributed by atoms with Crippen LogP contribution in [0.2, 0.25) is 0 Å². The number of furan rings is 1. The Bertz CT molecular complexity index is 808. The highest BCUT2D eigenvalue weighted by Gasteiger charge is 2.22. The highest BCUT2D eigenvalue weighted by atomic mass is 79.9. The monoisotopic (exact) mass is 376 g/mol. The molecule has 120 valence electrons. The molecule has 4 heteroatoms. The van der Waals surface area contributed by atoms with Crippen LogP contribution in [0.5, 0.6) is 0 Å². The molecule has 0 aliphatic carbocycles. The smallest absolute Gasteiger partial charge is 0.134 e. The second-order valence-corrected chi connectivity index (χ2v) is 6.55. The third-order valence-electron chi connectivity index (χ3n) is 3.98. The summed E-state index contributed by atoms with van der Waals surface area (Å²) in [6.45, 7) is 2.12. The SMILES string of the molecule is CCCCc1oc2ccc(Br)cc2c1C(O)c1ccc(F)cc1. The molecule has 3 aromatic rings. The molecular formula is C19H18BrFO2. The second-order valence-electron chi connectivity index (χ2n) is 5.64. The van der Waals surface area contributed by atoms with Crippen molar-refractivity contribution >= 4 is 26.9 Å². The zero-order chi connectivity index (χ0) is 16.4. The third kappa shape index (κ3) is 3.33. The van der Waals surface area contributed by atoms with E-state index in [0.717, 1.165) is 46.0 Å². The van der Waals surface area contributed by atoms with Crippen LogP contribution in [0.1, 0.15) is 42.8 Å². The number of aliphatic hydroxyl groups is 1. The minimum atomic E-state index is -0.835. The fraction of sp³-hybridized carbons (Fsp3) is 0.263. The van der Waals surface area contributed by atoms with E-state index < -0.39 is 6.10 Å². The lowest BCUT2D eigenvalue weighted by molar-refractivity contribution is 0.218. The summed E-state index contributed by atoms with van der Waals surface area (Å²) in [6, 6.07) is 11.7. The van der Waals surface area contributed by atoms with Crippen molar-refractivity contribution in [2.75, 3.05) is 0 Å². The van der Waals surface area contributed by atoms with Gasteiger partial charge in [0.15, 0.2) is 0 Å². The van der Waals surface area contributed by atoms with Crippen molar-refractivity contribution in [1.82, 2.24) is 0 Å². The normalized spacial score (nSPS) is 12.7. The fourth-order valence-electron chi connectivity index (χ4n) is 2.77. The molecule has 0 aliphatic rings. The molecule has 1 unspecified atom stereocenters. The van der Waals surface area contributed by atoms with Gasteiger partial charge >= 0.3 is 0 Å². The van der Waals surface area contributed by atoms with Crippen LogP contribution in [0.3, 0.4) is 0 Å². The van der Waals surface area contributed by atoms with Crippen LogP contribution in [0.4, 0.5) is 4.39 Å². The minimum Gasteiger partial charge on any atom is -0.461 e. The van der Waals surface area contributed by atoms with E-state index in [9.17, 15) is 9.50 Å². The Morgan fingerprint density at radius 1 is 1.17 bits per heavy atom. The van der Waals surface area contributed by atoms with Crippen LogP contribution >= 0.6 is 15.9 Å². The van der Waals surface area contributed by atoms with Gasteiger partial charge in [-0.1, -0.05) is 41.4 Å². The summed E-state index contributed by atoms with van der Waals surface area (Å²) in [6.07, 6.45) is 1.98. The predicted octanol–water partition coefficient (Wildman–Crippen LogP) is 5.76. The van der Waals surface area contributed by atoms with Gasteiger partial charge in [-0.3, -0.25) is 0 Å². The van der Waals surface area contributed by atoms with Gasteiger partial charge in [0.05, 0.1) is 0 Å². The van der Waals surface area contributed by atoms with Crippen LogP contribution in [-0.4, -0.2) is 5.11 Å². The summed E-state index contributed by atoms with van der Waals surface area (Å²) in [5, 5.41) is 11.7. The van der Waals surface area contributed by atoms with E-state index in [0.29, 0.717) is 5.56 Å². The van der Waals surface area contributed by atoms with E-state index in [1.54, 1.807) is 12.1 Å². The average molecular weight is 377 g/mol. The lowest BCUT2D eigenvalue weighted by Gasteiger charge is -2.12. The van der Waals surface area contributed by atoms with Gasteiger partial charge in [-0.25, -0.2) is 4.39 Å². The van der Waals surface area contributed by atoms with Crippen LogP contribution in [0.15, 0.2) is 51.4 Å². The van der Waals surface area contributed by atoms with Crippen molar-refractivity contribution < 1.29 is 13.9 Å². The quantitative estimate of drug-likeness (QED) is 0.613. The predicted molar refractivity (Wildman–Crippen MR) is 93.0 cm³/mol. The number of hydrogen-bond donors (Lipinski definition) is 1. The van der Waals surface area contributed by atoms with E-state index in [1.165, 1.54) is 12.1 Å². The number of unbranched alkanes of at least 4 members (excludes halogenated alkanes) is 1. The minimum absolute atomic E-state index is 0.313. The van der Waals surface area contributed by atoms with Crippen molar-refractivity contribution in [3.05, 3.63) is 69.6 Å². The molecule has 2 nitrogen and oxygen atoms in total. The van der Waals surface area contributed by atoms with E-state index in [4.69, 9.17) is 4.42 Å². The Morgan fingerprint density at radius 3 is 2.61 bits per heavy atom. The summed E-state index contributed by atoms with van der Waals surface area (Å²) in [5.74, 6) is 0.490. The molecule has 23 heavy (non-hydrogen) atoms. The molecule has 0 spiro atoms. The maximum atomic E-state index is 13.1. The van der Waals surface area contributed by atoms with E-state index in [2.05, 4.69) is 22.9 Å². The largest absolute Gasteiger partial charge is 0.461 e. The molecule has 0 saturated heterocycles. The molecular weight excluding hydrogens is 359 g/mol. The van der Waals surface area contributed by atoms with Gasteiger partial charge < -0.3 is 9.52 Å². The highest BCUT2D eigenvalue weighted by Crippen LogP contribution is 2.36. The molecule has 1 aromatic heterocycles. The summed E-state index contributed by atoms with van der Waals surface area (Å²) in [4.78, 5) is 0. The van der Waals surface area contributed by atoms with E-state index >= 15 is 0 Å². The van der Waals surface area contributed by atoms with Crippen molar-refractivity contribution in [3.63, 3.8) is 0 Å². The lowest BCUT2D eigenvalue weighted by atomic mass is 9.97. The molecule has 0 bridgehead atoms. The molecule has 0 amide bonds. The molecule has 0 saturated carbocycles. The molecule has 0 radical (unpaired) electrons. The van der Waals surface area contributed by atoms with Crippen LogP contribution in [0, 0.1) is 5.82 Å². The third-order valence-corrected chi connectivity index (χ3v) is 4.48. The zero-order valence-corrected chi connectivity index (χ0v) is 14.4. The van der Waals surface area contributed by atoms with Crippen molar-refractivity contribution in [3.8, 4) is 0 Å². The van der Waals surface area contributed by atoms with Crippen molar-refractivity contribution in [1.29, 1.82) is 0 Å². The van der Waals surface area contributed by atoms with Crippen LogP contribution in [0.25, 0.3) is 11.0 Å². The molecule has 1 N–H and O–H groups in total. The number of aryl methyl sites for hydroxylation is 1. The maximum absolute atomic E-state index is 13.1. The number of halogens is 2. The fourth-order valence-corrected chi connectivity index (χ4v) is 3.14. The van der Waals surface area contributed by atoms with Gasteiger partial charge in [0.1, 0.15) is 23.3 Å². The first-order valence-corrected chi connectivity index (χ1v) is 8.53. The van der Waals surface area contributed by atoms with Gasteiger partial charge in [0.25, 0.3) is 0 Å². The van der Waals surface area contributed by atoms with Gasteiger partial charge in [0, 0.05) is 21.8 Å². The van der Waals surface area contributed by atoms with Crippen LogP contribution < -0.4 is 0 Å². The molecule has 0 aliphatic heterocycles. The number of fused-ring (bicyclic) bond motifs is 1. The Hall–Kier alpha value is -1.65. The molecule has 1 atom stereocenters. The summed E-state index contributed by atoms with van der Waals surface area (Å²) < 4.78 is 20.0. The summed E-state index contributed by atoms with van der Waals surface area (Å²) in [7, 11) is 0. The van der Waals surface area contributed by atoms with Crippen LogP contribution in [-0.2, 0) is 6.42 Å². The summed E-state index contributed by atoms with van der Waals surface area (Å²) >= 11 is 3.47. The number of rotatable bonds is 5. The van der Waals surface area contributed by atoms with E-state index in [1.807, 2.05) is 18.2 Å². The lowest BCUT2D eigenvalue weighted by Crippen LogP contribution is -2.02. The van der Waals surface area contributed by atoms with E-state index in [-0.39, 0.29) is 5.82 Å². The Morgan fingerprint density at radius 2 is 1.91 bits per heavy atom. The number of hydrogen-bond acceptors (Lipinski definition) is 2. The van der Waals surface area contributed by atoms with Crippen molar-refractivity contribution in [2.24, 2.45) is 0 Å². The molecule has 3 rings (SSSR count). The Balaban J connectivity index is 2.12. The topological polar surface area (TPSA) is 33.4 Å².